The molecule has 2 amide bonds. The van der Waals surface area contributed by atoms with Gasteiger partial charge in [0.25, 0.3) is 11.8 Å². The van der Waals surface area contributed by atoms with Crippen LogP contribution in [0.4, 0.5) is 11.4 Å². The highest BCUT2D eigenvalue weighted by Crippen LogP contribution is 2.62. The molecule has 3 fully saturated rings. The maximum absolute atomic E-state index is 13.5. The van der Waals surface area contributed by atoms with Crippen LogP contribution in [0.3, 0.4) is 0 Å². The number of anilines is 2. The van der Waals surface area contributed by atoms with Gasteiger partial charge in [-0.25, -0.2) is 0 Å². The zero-order valence-electron chi connectivity index (χ0n) is 19.9. The highest BCUT2D eigenvalue weighted by atomic mass is 16.3. The minimum absolute atomic E-state index is 0.182. The van der Waals surface area contributed by atoms with Crippen LogP contribution in [0.1, 0.15) is 51.2 Å². The minimum Gasteiger partial charge on any atom is -0.396 e. The smallest absolute Gasteiger partial charge is 0.277 e. The average Bonchev–Trinajstić information content (AvgIpc) is 3.56. The first-order chi connectivity index (χ1) is 17.5. The lowest BCUT2D eigenvalue weighted by Crippen LogP contribution is -2.41. The van der Waals surface area contributed by atoms with E-state index in [9.17, 15) is 14.7 Å². The lowest BCUT2D eigenvalue weighted by Gasteiger charge is -2.36. The Labute approximate surface area is 209 Å². The third-order valence-electron chi connectivity index (χ3n) is 8.15. The van der Waals surface area contributed by atoms with Crippen molar-refractivity contribution < 1.29 is 14.7 Å². The fourth-order valence-corrected chi connectivity index (χ4v) is 6.30. The van der Waals surface area contributed by atoms with Crippen LogP contribution in [-0.2, 0) is 13.0 Å². The second kappa shape index (κ2) is 8.61. The third-order valence-corrected chi connectivity index (χ3v) is 8.15. The number of nitrogens with zero attached hydrogens (tertiary/aromatic N) is 4. The van der Waals surface area contributed by atoms with Gasteiger partial charge in [-0.1, -0.05) is 18.2 Å². The first kappa shape index (κ1) is 22.5. The number of aliphatic hydroxyl groups excluding tert-OH is 1. The Balaban J connectivity index is 1.17. The van der Waals surface area contributed by atoms with Gasteiger partial charge in [0, 0.05) is 24.5 Å². The van der Waals surface area contributed by atoms with Crippen LogP contribution in [0.15, 0.2) is 54.7 Å². The first-order valence-corrected chi connectivity index (χ1v) is 12.4. The largest absolute Gasteiger partial charge is 0.396 e. The van der Waals surface area contributed by atoms with Crippen LogP contribution in [0.5, 0.6) is 0 Å². The molecule has 0 unspecified atom stereocenters. The molecule has 2 bridgehead atoms. The number of carbonyl (C=O) groups is 2. The molecule has 2 aromatic carbocycles. The van der Waals surface area contributed by atoms with Gasteiger partial charge in [-0.2, -0.15) is 10.4 Å². The Hall–Kier alpha value is -3.96. The van der Waals surface area contributed by atoms with E-state index >= 15 is 0 Å². The molecule has 8 nitrogen and oxygen atoms in total. The number of fused-ring (bicyclic) bond motifs is 2. The van der Waals surface area contributed by atoms with E-state index in [1.54, 1.807) is 33.8 Å². The zero-order valence-corrected chi connectivity index (χ0v) is 19.9. The van der Waals surface area contributed by atoms with E-state index in [0.29, 0.717) is 36.9 Å². The Bertz CT molecular complexity index is 1380. The molecule has 7 rings (SSSR count). The Morgan fingerprint density at radius 3 is 2.69 bits per heavy atom. The molecule has 3 aliphatic carbocycles. The highest BCUT2D eigenvalue weighted by Gasteiger charge is 2.55. The van der Waals surface area contributed by atoms with E-state index in [1.165, 1.54) is 11.8 Å². The number of rotatable bonds is 6. The van der Waals surface area contributed by atoms with Crippen molar-refractivity contribution in [3.05, 3.63) is 77.1 Å². The first-order valence-electron chi connectivity index (χ1n) is 12.4. The van der Waals surface area contributed by atoms with Crippen LogP contribution in [0.25, 0.3) is 0 Å². The van der Waals surface area contributed by atoms with Crippen molar-refractivity contribution in [2.45, 2.75) is 32.2 Å². The predicted molar refractivity (Wildman–Crippen MR) is 134 cm³/mol. The van der Waals surface area contributed by atoms with Gasteiger partial charge in [0.15, 0.2) is 0 Å². The van der Waals surface area contributed by atoms with Crippen molar-refractivity contribution in [1.82, 2.24) is 9.78 Å². The summed E-state index contributed by atoms with van der Waals surface area (Å²) in [5.41, 5.74) is 3.63. The molecular weight excluding hydrogens is 454 g/mol. The number of nitrogens with one attached hydrogen (secondary N) is 1. The van der Waals surface area contributed by atoms with Gasteiger partial charge in [-0.05, 0) is 78.8 Å². The normalized spacial score (nSPS) is 24.1. The molecule has 3 saturated carbocycles. The zero-order chi connectivity index (χ0) is 24.9. The van der Waals surface area contributed by atoms with Crippen LogP contribution < -0.4 is 10.2 Å². The summed E-state index contributed by atoms with van der Waals surface area (Å²) < 4.78 is 1.58. The van der Waals surface area contributed by atoms with Gasteiger partial charge in [0.2, 0.25) is 0 Å². The summed E-state index contributed by atoms with van der Waals surface area (Å²) >= 11 is 0. The molecule has 8 heteroatoms. The highest BCUT2D eigenvalue weighted by molar-refractivity contribution is 6.15. The Morgan fingerprint density at radius 1 is 1.17 bits per heavy atom. The monoisotopic (exact) mass is 481 g/mol. The van der Waals surface area contributed by atoms with Crippen LogP contribution in [-0.4, -0.2) is 39.9 Å². The number of aliphatic hydroxyl groups is 1. The maximum Gasteiger partial charge on any atom is 0.277 e. The fourth-order valence-electron chi connectivity index (χ4n) is 6.30. The van der Waals surface area contributed by atoms with E-state index in [4.69, 9.17) is 5.26 Å². The second-order valence-corrected chi connectivity index (χ2v) is 10.4. The number of nitriles is 1. The molecule has 1 aliphatic heterocycles. The number of benzene rings is 2. The number of carbonyl (C=O) groups excluding carboxylic acids is 2. The lowest BCUT2D eigenvalue weighted by atomic mass is 9.70. The van der Waals surface area contributed by atoms with Gasteiger partial charge in [-0.3, -0.25) is 14.3 Å². The summed E-state index contributed by atoms with van der Waals surface area (Å²) in [7, 11) is 0. The summed E-state index contributed by atoms with van der Waals surface area (Å²) in [6.45, 7) is 1.27. The minimum atomic E-state index is -0.438. The van der Waals surface area contributed by atoms with Crippen LogP contribution in [0.2, 0.25) is 0 Å². The van der Waals surface area contributed by atoms with Crippen molar-refractivity contribution in [3.63, 3.8) is 0 Å². The van der Waals surface area contributed by atoms with Crippen molar-refractivity contribution in [1.29, 1.82) is 5.26 Å². The van der Waals surface area contributed by atoms with Crippen molar-refractivity contribution >= 4 is 23.2 Å². The predicted octanol–water partition coefficient (Wildman–Crippen LogP) is 3.62. The van der Waals surface area contributed by atoms with E-state index in [2.05, 4.69) is 28.6 Å². The SMILES string of the molecule is N#Cc1cccc(NC(=O)c2cnn3c2C(=O)N(c2ccc(C[C@@H]4CC5(CO)CC4C5)cc2)CC3)c1. The molecule has 3 aromatic rings. The van der Waals surface area contributed by atoms with Gasteiger partial charge >= 0.3 is 0 Å². The molecule has 1 aromatic heterocycles. The van der Waals surface area contributed by atoms with Gasteiger partial charge in [0.05, 0.1) is 29.9 Å². The molecule has 4 aliphatic rings. The fraction of sp³-hybridized carbons (Fsp3) is 0.357. The van der Waals surface area contributed by atoms with Gasteiger partial charge < -0.3 is 15.3 Å². The average molecular weight is 482 g/mol. The second-order valence-electron chi connectivity index (χ2n) is 10.4. The molecule has 0 radical (unpaired) electrons. The number of aromatic nitrogens is 2. The Kier molecular flexibility index (Phi) is 5.38. The summed E-state index contributed by atoms with van der Waals surface area (Å²) in [6.07, 6.45) is 5.85. The van der Waals surface area contributed by atoms with Crippen LogP contribution in [0, 0.1) is 28.6 Å². The molecule has 1 atom stereocenters. The van der Waals surface area contributed by atoms with Crippen molar-refractivity contribution in [2.24, 2.45) is 17.3 Å². The molecule has 0 spiro atoms. The maximum atomic E-state index is 13.5. The molecule has 2 N–H and O–H groups in total. The Morgan fingerprint density at radius 2 is 1.97 bits per heavy atom. The van der Waals surface area contributed by atoms with Crippen LogP contribution >= 0.6 is 0 Å². The van der Waals surface area contributed by atoms with E-state index in [-0.39, 0.29) is 22.6 Å². The summed E-state index contributed by atoms with van der Waals surface area (Å²) in [5, 5.41) is 25.8. The molecule has 36 heavy (non-hydrogen) atoms. The molecule has 2 heterocycles. The number of hydrogen-bond donors (Lipinski definition) is 2. The topological polar surface area (TPSA) is 111 Å². The van der Waals surface area contributed by atoms with E-state index < -0.39 is 5.91 Å². The molecule has 0 saturated heterocycles. The lowest BCUT2D eigenvalue weighted by molar-refractivity contribution is 0.0544. The summed E-state index contributed by atoms with van der Waals surface area (Å²) in [5.74, 6) is 0.660. The number of hydrogen-bond acceptors (Lipinski definition) is 5. The van der Waals surface area contributed by atoms with E-state index in [1.807, 2.05) is 12.1 Å². The molecular formula is C28H27N5O3. The van der Waals surface area contributed by atoms with Gasteiger partial charge in [-0.15, -0.1) is 0 Å². The van der Waals surface area contributed by atoms with Gasteiger partial charge in [0.1, 0.15) is 5.69 Å². The van der Waals surface area contributed by atoms with Crippen molar-refractivity contribution in [3.8, 4) is 6.07 Å². The molecule has 182 valence electrons. The summed E-state index contributed by atoms with van der Waals surface area (Å²) in [4.78, 5) is 28.1. The third kappa shape index (κ3) is 3.76. The standard InChI is InChI=1S/C28H27N5O3/c29-15-19-2-1-3-22(11-19)31-26(35)24-16-30-33-9-8-32(27(36)25(24)33)23-6-4-18(5-7-23)10-20-12-28(17-34)13-21(20)14-28/h1-7,11,16,20-21,34H,8-10,12-14,17H2,(H,31,35)/t20-,21?,28?/m1/s1. The van der Waals surface area contributed by atoms with Crippen molar-refractivity contribution in [2.75, 3.05) is 23.4 Å². The van der Waals surface area contributed by atoms with E-state index in [0.717, 1.165) is 37.3 Å². The quantitative estimate of drug-likeness (QED) is 0.559. The number of amides is 2. The summed E-state index contributed by atoms with van der Waals surface area (Å²) in [6, 6.07) is 16.8.